The molecule has 3 rings (SSSR count). The van der Waals surface area contributed by atoms with Crippen molar-refractivity contribution in [1.29, 1.82) is 0 Å². The Kier molecular flexibility index (Phi) is 7.43. The first kappa shape index (κ1) is 20.8. The summed E-state index contributed by atoms with van der Waals surface area (Å²) >= 11 is 6.98. The van der Waals surface area contributed by atoms with Crippen molar-refractivity contribution in [3.8, 4) is 5.88 Å². The zero-order chi connectivity index (χ0) is 19.9. The zero-order valence-corrected chi connectivity index (χ0v) is 16.5. The Bertz CT molecular complexity index is 829. The molecule has 2 N–H and O–H groups in total. The highest BCUT2D eigenvalue weighted by Crippen LogP contribution is 2.18. The topological polar surface area (TPSA) is 87.6 Å². The summed E-state index contributed by atoms with van der Waals surface area (Å²) in [4.78, 5) is 22.0. The second-order valence-corrected chi connectivity index (χ2v) is 7.62. The Balaban J connectivity index is 1.41. The summed E-state index contributed by atoms with van der Waals surface area (Å²) in [6, 6.07) is 6.08. The minimum absolute atomic E-state index is 0.114. The molecular weight excluding hydrogens is 407 g/mol. The number of nitrogens with one attached hydrogen (secondary N) is 1. The molecule has 0 bridgehead atoms. The first-order valence-corrected chi connectivity index (χ1v) is 10.1. The first-order chi connectivity index (χ1) is 13.5. The van der Waals surface area contributed by atoms with Crippen molar-refractivity contribution >= 4 is 29.3 Å². The molecule has 1 fully saturated rings. The zero-order valence-electron chi connectivity index (χ0n) is 15.0. The Hall–Kier alpha value is -1.94. The van der Waals surface area contributed by atoms with Crippen LogP contribution in [-0.2, 0) is 16.1 Å². The number of thioether (sulfide) groups is 1. The molecule has 1 amide bonds. The van der Waals surface area contributed by atoms with Crippen LogP contribution in [0.1, 0.15) is 5.56 Å². The van der Waals surface area contributed by atoms with Crippen molar-refractivity contribution in [1.82, 2.24) is 20.2 Å². The molecule has 7 nitrogen and oxygen atoms in total. The highest BCUT2D eigenvalue weighted by molar-refractivity contribution is 7.99. The van der Waals surface area contributed by atoms with Gasteiger partial charge in [0.15, 0.2) is 5.16 Å². The molecule has 0 saturated carbocycles. The quantitative estimate of drug-likeness (QED) is 0.517. The molecule has 0 spiro atoms. The molecule has 1 aliphatic heterocycles. The lowest BCUT2D eigenvalue weighted by Crippen LogP contribution is -2.47. The summed E-state index contributed by atoms with van der Waals surface area (Å²) in [5, 5.41) is 12.6. The van der Waals surface area contributed by atoms with Gasteiger partial charge in [-0.25, -0.2) is 9.37 Å². The van der Waals surface area contributed by atoms with E-state index in [9.17, 15) is 14.3 Å². The number of aromatic nitrogens is 2. The number of carbonyl (C=O) groups is 1. The molecular formula is C18H20ClFN4O3S. The standard InChI is InChI=1S/C18H20ClFN4O3S/c19-14-7-12(1-2-15(14)20)9-24-5-6-27-13(10-24)8-22-17(26)11-28-18-21-4-3-16(25)23-18/h1-4,7,13H,5-6,8-11H2,(H,22,26)(H,21,23,25)/t13-/m0/s1. The summed E-state index contributed by atoms with van der Waals surface area (Å²) in [5.74, 6) is -0.575. The summed E-state index contributed by atoms with van der Waals surface area (Å²) in [5.41, 5.74) is 0.929. The lowest BCUT2D eigenvalue weighted by atomic mass is 10.2. The molecule has 1 atom stereocenters. The van der Waals surface area contributed by atoms with Crippen LogP contribution in [0.5, 0.6) is 5.88 Å². The van der Waals surface area contributed by atoms with Gasteiger partial charge in [-0.1, -0.05) is 29.4 Å². The molecule has 2 heterocycles. The minimum Gasteiger partial charge on any atom is -0.493 e. The molecule has 28 heavy (non-hydrogen) atoms. The van der Waals surface area contributed by atoms with E-state index in [-0.39, 0.29) is 28.7 Å². The molecule has 0 unspecified atom stereocenters. The monoisotopic (exact) mass is 426 g/mol. The smallest absolute Gasteiger partial charge is 0.230 e. The highest BCUT2D eigenvalue weighted by atomic mass is 35.5. The number of nitrogens with zero attached hydrogens (tertiary/aromatic N) is 3. The van der Waals surface area contributed by atoms with E-state index in [4.69, 9.17) is 16.3 Å². The lowest BCUT2D eigenvalue weighted by molar-refractivity contribution is -0.119. The number of ether oxygens (including phenoxy) is 1. The van der Waals surface area contributed by atoms with E-state index in [2.05, 4.69) is 20.2 Å². The van der Waals surface area contributed by atoms with Crippen LogP contribution in [0, 0.1) is 5.82 Å². The number of aromatic hydroxyl groups is 1. The van der Waals surface area contributed by atoms with E-state index in [1.54, 1.807) is 12.1 Å². The Morgan fingerprint density at radius 3 is 3.11 bits per heavy atom. The fourth-order valence-electron chi connectivity index (χ4n) is 2.75. The van der Waals surface area contributed by atoms with Gasteiger partial charge in [0.1, 0.15) is 5.82 Å². The molecule has 0 radical (unpaired) electrons. The van der Waals surface area contributed by atoms with Gasteiger partial charge >= 0.3 is 0 Å². The van der Waals surface area contributed by atoms with Crippen molar-refractivity contribution in [2.45, 2.75) is 17.8 Å². The van der Waals surface area contributed by atoms with Gasteiger partial charge in [-0.15, -0.1) is 0 Å². The Morgan fingerprint density at radius 1 is 1.46 bits per heavy atom. The third kappa shape index (κ3) is 6.30. The van der Waals surface area contributed by atoms with E-state index in [1.807, 2.05) is 0 Å². The van der Waals surface area contributed by atoms with Crippen LogP contribution in [0.15, 0.2) is 35.6 Å². The predicted molar refractivity (Wildman–Crippen MR) is 104 cm³/mol. The van der Waals surface area contributed by atoms with Crippen LogP contribution in [0.25, 0.3) is 0 Å². The van der Waals surface area contributed by atoms with Crippen LogP contribution in [0.4, 0.5) is 4.39 Å². The van der Waals surface area contributed by atoms with E-state index < -0.39 is 5.82 Å². The minimum atomic E-state index is -0.429. The van der Waals surface area contributed by atoms with E-state index >= 15 is 0 Å². The van der Waals surface area contributed by atoms with Crippen LogP contribution in [0.3, 0.4) is 0 Å². The third-order valence-corrected chi connectivity index (χ3v) is 5.24. The van der Waals surface area contributed by atoms with Gasteiger partial charge in [-0.05, 0) is 17.7 Å². The summed E-state index contributed by atoms with van der Waals surface area (Å²) in [7, 11) is 0. The Morgan fingerprint density at radius 2 is 2.32 bits per heavy atom. The second-order valence-electron chi connectivity index (χ2n) is 6.27. The first-order valence-electron chi connectivity index (χ1n) is 8.69. The molecule has 0 aliphatic carbocycles. The maximum Gasteiger partial charge on any atom is 0.230 e. The number of amides is 1. The van der Waals surface area contributed by atoms with Crippen LogP contribution < -0.4 is 5.32 Å². The highest BCUT2D eigenvalue weighted by Gasteiger charge is 2.21. The van der Waals surface area contributed by atoms with Gasteiger partial charge in [-0.3, -0.25) is 9.69 Å². The predicted octanol–water partition coefficient (Wildman–Crippen LogP) is 2.08. The van der Waals surface area contributed by atoms with Crippen LogP contribution in [-0.4, -0.2) is 64.0 Å². The molecule has 1 saturated heterocycles. The Labute approximate surface area is 171 Å². The van der Waals surface area contributed by atoms with Gasteiger partial charge in [-0.2, -0.15) is 4.98 Å². The van der Waals surface area contributed by atoms with Gasteiger partial charge in [0, 0.05) is 38.4 Å². The summed E-state index contributed by atoms with van der Waals surface area (Å²) < 4.78 is 19.0. The maximum absolute atomic E-state index is 13.3. The van der Waals surface area contributed by atoms with Gasteiger partial charge in [0.25, 0.3) is 0 Å². The number of hydrogen-bond donors (Lipinski definition) is 2. The molecule has 10 heteroatoms. The molecule has 1 aliphatic rings. The second kappa shape index (κ2) is 10.0. The largest absolute Gasteiger partial charge is 0.493 e. The number of carbonyl (C=O) groups excluding carboxylic acids is 1. The summed E-state index contributed by atoms with van der Waals surface area (Å²) in [6.07, 6.45) is 1.30. The molecule has 1 aromatic carbocycles. The SMILES string of the molecule is O=C(CSc1nccc(O)n1)NC[C@H]1CN(Cc2ccc(F)c(Cl)c2)CCO1. The summed E-state index contributed by atoms with van der Waals surface area (Å²) in [6.45, 7) is 2.99. The van der Waals surface area contributed by atoms with Crippen molar-refractivity contribution in [2.75, 3.05) is 32.0 Å². The third-order valence-electron chi connectivity index (χ3n) is 4.09. The normalized spacial score (nSPS) is 17.4. The van der Waals surface area contributed by atoms with Crippen LogP contribution >= 0.6 is 23.4 Å². The van der Waals surface area contributed by atoms with Gasteiger partial charge in [0.2, 0.25) is 11.8 Å². The molecule has 2 aromatic rings. The lowest BCUT2D eigenvalue weighted by Gasteiger charge is -2.33. The fourth-order valence-corrected chi connectivity index (χ4v) is 3.61. The fraction of sp³-hybridized carbons (Fsp3) is 0.389. The number of hydrogen-bond acceptors (Lipinski definition) is 7. The number of morpholine rings is 1. The van der Waals surface area contributed by atoms with E-state index in [0.29, 0.717) is 31.4 Å². The van der Waals surface area contributed by atoms with Crippen molar-refractivity contribution in [2.24, 2.45) is 0 Å². The number of halogens is 2. The van der Waals surface area contributed by atoms with Crippen molar-refractivity contribution in [3.05, 3.63) is 46.9 Å². The van der Waals surface area contributed by atoms with Crippen LogP contribution in [0.2, 0.25) is 5.02 Å². The van der Waals surface area contributed by atoms with Crippen molar-refractivity contribution in [3.63, 3.8) is 0 Å². The van der Waals surface area contributed by atoms with Crippen molar-refractivity contribution < 1.29 is 19.0 Å². The number of benzene rings is 1. The van der Waals surface area contributed by atoms with Gasteiger partial charge < -0.3 is 15.2 Å². The maximum atomic E-state index is 13.3. The molecule has 150 valence electrons. The average Bonchev–Trinajstić information content (AvgIpc) is 2.68. The number of rotatable bonds is 7. The van der Waals surface area contributed by atoms with E-state index in [0.717, 1.165) is 23.9 Å². The van der Waals surface area contributed by atoms with E-state index in [1.165, 1.54) is 18.3 Å². The van der Waals surface area contributed by atoms with Gasteiger partial charge in [0.05, 0.1) is 23.5 Å². The molecule has 1 aromatic heterocycles. The average molecular weight is 427 g/mol.